The van der Waals surface area contributed by atoms with Crippen LogP contribution < -0.4 is 5.32 Å². The molecule has 0 bridgehead atoms. The number of hydrogen-bond acceptors (Lipinski definition) is 2. The first-order valence-electron chi connectivity index (χ1n) is 3.84. The van der Waals surface area contributed by atoms with E-state index in [1.165, 1.54) is 0 Å². The third-order valence-corrected chi connectivity index (χ3v) is 2.41. The number of halogens is 2. The van der Waals surface area contributed by atoms with Gasteiger partial charge in [-0.3, -0.25) is 0 Å². The van der Waals surface area contributed by atoms with E-state index in [1.807, 2.05) is 0 Å². The predicted octanol–water partition coefficient (Wildman–Crippen LogP) is 1.28. The summed E-state index contributed by atoms with van der Waals surface area (Å²) < 4.78 is 30.1. The number of carbonyl (C=O) groups is 1. The molecular weight excluding hydrogens is 168 g/mol. The van der Waals surface area contributed by atoms with Crippen LogP contribution in [-0.2, 0) is 4.74 Å². The molecule has 1 amide bonds. The molecule has 68 valence electrons. The van der Waals surface area contributed by atoms with Gasteiger partial charge >= 0.3 is 6.09 Å². The summed E-state index contributed by atoms with van der Waals surface area (Å²) in [4.78, 5) is 10.6. The van der Waals surface area contributed by atoms with Crippen LogP contribution in [0.15, 0.2) is 0 Å². The summed E-state index contributed by atoms with van der Waals surface area (Å²) in [6, 6.07) is 0. The van der Waals surface area contributed by atoms with Crippen LogP contribution in [0.4, 0.5) is 13.6 Å². The molecule has 1 N–H and O–H groups in total. The zero-order valence-corrected chi connectivity index (χ0v) is 6.40. The maximum atomic E-state index is 12.8. The molecule has 1 spiro atoms. The summed E-state index contributed by atoms with van der Waals surface area (Å²) in [6.45, 7) is 0.0847. The van der Waals surface area contributed by atoms with E-state index in [1.54, 1.807) is 0 Å². The van der Waals surface area contributed by atoms with Gasteiger partial charge in [-0.2, -0.15) is 0 Å². The zero-order chi connectivity index (χ0) is 8.82. The van der Waals surface area contributed by atoms with Crippen LogP contribution in [0.2, 0.25) is 0 Å². The van der Waals surface area contributed by atoms with Crippen LogP contribution in [0.5, 0.6) is 0 Å². The fourth-order valence-electron chi connectivity index (χ4n) is 1.82. The summed E-state index contributed by atoms with van der Waals surface area (Å²) in [7, 11) is 0. The Bertz CT molecular complexity index is 231. The molecule has 3 nitrogen and oxygen atoms in total. The van der Waals surface area contributed by atoms with Crippen molar-refractivity contribution in [2.45, 2.75) is 30.7 Å². The molecule has 0 aromatic heterocycles. The molecule has 0 aromatic rings. The van der Waals surface area contributed by atoms with Crippen molar-refractivity contribution in [3.05, 3.63) is 0 Å². The fraction of sp³-hybridized carbons (Fsp3) is 0.857. The lowest BCUT2D eigenvalue weighted by Gasteiger charge is -2.18. The highest BCUT2D eigenvalue weighted by Gasteiger charge is 2.53. The average molecular weight is 177 g/mol. The highest BCUT2D eigenvalue weighted by atomic mass is 19.3. The van der Waals surface area contributed by atoms with E-state index in [0.29, 0.717) is 6.42 Å². The highest BCUT2D eigenvalue weighted by molar-refractivity contribution is 5.70. The SMILES string of the molecule is O=C1N[C@]2(CCC(F)(F)C2)CO1. The zero-order valence-electron chi connectivity index (χ0n) is 6.40. The second kappa shape index (κ2) is 2.08. The van der Waals surface area contributed by atoms with Crippen molar-refractivity contribution in [1.82, 2.24) is 5.32 Å². The third-order valence-electron chi connectivity index (χ3n) is 2.41. The molecule has 1 aliphatic carbocycles. The van der Waals surface area contributed by atoms with Gasteiger partial charge in [0.1, 0.15) is 6.61 Å². The predicted molar refractivity (Wildman–Crippen MR) is 36.0 cm³/mol. The van der Waals surface area contributed by atoms with Gasteiger partial charge in [-0.05, 0) is 6.42 Å². The Morgan fingerprint density at radius 2 is 2.17 bits per heavy atom. The normalized spacial score (nSPS) is 38.3. The van der Waals surface area contributed by atoms with Gasteiger partial charge in [-0.15, -0.1) is 0 Å². The van der Waals surface area contributed by atoms with Crippen molar-refractivity contribution in [2.75, 3.05) is 6.61 Å². The second-order valence-electron chi connectivity index (χ2n) is 3.51. The van der Waals surface area contributed by atoms with E-state index in [2.05, 4.69) is 10.1 Å². The smallest absolute Gasteiger partial charge is 0.407 e. The lowest BCUT2D eigenvalue weighted by atomic mass is 10.0. The molecule has 0 radical (unpaired) electrons. The van der Waals surface area contributed by atoms with Gasteiger partial charge < -0.3 is 10.1 Å². The minimum absolute atomic E-state index is 0.0847. The minimum Gasteiger partial charge on any atom is -0.447 e. The number of rotatable bonds is 0. The number of cyclic esters (lactones) is 1. The summed E-state index contributed by atoms with van der Waals surface area (Å²) in [5.41, 5.74) is -0.777. The van der Waals surface area contributed by atoms with Crippen molar-refractivity contribution in [2.24, 2.45) is 0 Å². The number of alkyl carbamates (subject to hydrolysis) is 1. The third kappa shape index (κ3) is 1.13. The largest absolute Gasteiger partial charge is 0.447 e. The molecular formula is C7H9F2NO2. The Kier molecular flexibility index (Phi) is 1.35. The molecule has 1 saturated heterocycles. The minimum atomic E-state index is -2.64. The fourth-order valence-corrected chi connectivity index (χ4v) is 1.82. The van der Waals surface area contributed by atoms with Gasteiger partial charge in [0.15, 0.2) is 0 Å². The van der Waals surface area contributed by atoms with Gasteiger partial charge in [-0.25, -0.2) is 13.6 Å². The Hall–Kier alpha value is -0.870. The van der Waals surface area contributed by atoms with Crippen molar-refractivity contribution in [3.63, 3.8) is 0 Å². The number of ether oxygens (including phenoxy) is 1. The van der Waals surface area contributed by atoms with E-state index in [9.17, 15) is 13.6 Å². The van der Waals surface area contributed by atoms with Crippen molar-refractivity contribution < 1.29 is 18.3 Å². The Balaban J connectivity index is 2.11. The average Bonchev–Trinajstić information content (AvgIpc) is 2.41. The first-order valence-corrected chi connectivity index (χ1v) is 3.84. The standard InChI is InChI=1S/C7H9F2NO2/c8-7(9)2-1-6(3-7)4-12-5(11)10-6/h1-4H2,(H,10,11)/t6-/m0/s1. The maximum absolute atomic E-state index is 12.8. The van der Waals surface area contributed by atoms with Gasteiger partial charge in [0, 0.05) is 12.8 Å². The lowest BCUT2D eigenvalue weighted by molar-refractivity contribution is 0.00135. The Morgan fingerprint density at radius 3 is 2.58 bits per heavy atom. The first kappa shape index (κ1) is 7.76. The number of hydrogen-bond donors (Lipinski definition) is 1. The topological polar surface area (TPSA) is 38.3 Å². The van der Waals surface area contributed by atoms with Crippen molar-refractivity contribution in [1.29, 1.82) is 0 Å². The van der Waals surface area contributed by atoms with Crippen molar-refractivity contribution >= 4 is 6.09 Å². The van der Waals surface area contributed by atoms with Gasteiger partial charge in [0.25, 0.3) is 5.92 Å². The number of alkyl halides is 2. The summed E-state index contributed by atoms with van der Waals surface area (Å²) in [6.07, 6.45) is -0.707. The van der Waals surface area contributed by atoms with Crippen LogP contribution in [0.1, 0.15) is 19.3 Å². The molecule has 2 fully saturated rings. The van der Waals surface area contributed by atoms with Gasteiger partial charge in [-0.1, -0.05) is 0 Å². The first-order chi connectivity index (χ1) is 5.52. The maximum Gasteiger partial charge on any atom is 0.407 e. The quantitative estimate of drug-likeness (QED) is 0.605. The highest BCUT2D eigenvalue weighted by Crippen LogP contribution is 2.43. The summed E-state index contributed by atoms with van der Waals surface area (Å²) >= 11 is 0. The van der Waals surface area contributed by atoms with Crippen LogP contribution >= 0.6 is 0 Å². The van der Waals surface area contributed by atoms with Crippen LogP contribution in [0.3, 0.4) is 0 Å². The molecule has 0 unspecified atom stereocenters. The number of nitrogens with one attached hydrogen (secondary N) is 1. The molecule has 2 aliphatic rings. The molecule has 1 saturated carbocycles. The van der Waals surface area contributed by atoms with Crippen LogP contribution in [-0.4, -0.2) is 24.2 Å². The molecule has 1 aliphatic heterocycles. The second-order valence-corrected chi connectivity index (χ2v) is 3.51. The van der Waals surface area contributed by atoms with E-state index in [4.69, 9.17) is 0 Å². The van der Waals surface area contributed by atoms with E-state index < -0.39 is 17.6 Å². The summed E-state index contributed by atoms with van der Waals surface area (Å²) in [5.74, 6) is -2.64. The van der Waals surface area contributed by atoms with E-state index >= 15 is 0 Å². The van der Waals surface area contributed by atoms with Crippen LogP contribution in [0.25, 0.3) is 0 Å². The van der Waals surface area contributed by atoms with Gasteiger partial charge in [0.2, 0.25) is 0 Å². The van der Waals surface area contributed by atoms with Crippen LogP contribution in [0, 0.1) is 0 Å². The summed E-state index contributed by atoms with van der Waals surface area (Å²) in [5, 5.41) is 2.44. The number of amides is 1. The van der Waals surface area contributed by atoms with Crippen molar-refractivity contribution in [3.8, 4) is 0 Å². The van der Waals surface area contributed by atoms with E-state index in [-0.39, 0.29) is 19.4 Å². The molecule has 12 heavy (non-hydrogen) atoms. The van der Waals surface area contributed by atoms with Gasteiger partial charge in [0.05, 0.1) is 5.54 Å². The monoisotopic (exact) mass is 177 g/mol. The van der Waals surface area contributed by atoms with E-state index in [0.717, 1.165) is 0 Å². The number of carbonyl (C=O) groups excluding carboxylic acids is 1. The Labute approximate surface area is 68.1 Å². The molecule has 1 atom stereocenters. The molecule has 5 heteroatoms. The lowest BCUT2D eigenvalue weighted by Crippen LogP contribution is -2.41. The Morgan fingerprint density at radius 1 is 1.42 bits per heavy atom. The molecule has 1 heterocycles. The molecule has 2 rings (SSSR count). The molecule has 0 aromatic carbocycles.